The van der Waals surface area contributed by atoms with Crippen molar-refractivity contribution in [3.05, 3.63) is 59.4 Å². The Hall–Kier alpha value is -2.33. The molecule has 1 heterocycles. The number of benzene rings is 2. The van der Waals surface area contributed by atoms with E-state index in [0.717, 1.165) is 27.9 Å². The number of para-hydroxylation sites is 2. The van der Waals surface area contributed by atoms with Crippen LogP contribution in [0.15, 0.2) is 42.7 Å². The summed E-state index contributed by atoms with van der Waals surface area (Å²) in [4.78, 5) is 4.34. The average molecular weight is 310 g/mol. The Balaban J connectivity index is 1.69. The molecular weight excluding hydrogens is 288 g/mol. The van der Waals surface area contributed by atoms with Crippen LogP contribution in [0, 0.1) is 20.8 Å². The van der Waals surface area contributed by atoms with E-state index >= 15 is 0 Å². The van der Waals surface area contributed by atoms with Gasteiger partial charge in [0.1, 0.15) is 18.5 Å². The van der Waals surface area contributed by atoms with Gasteiger partial charge in [-0.05, 0) is 49.6 Å². The molecule has 0 bridgehead atoms. The third-order valence-corrected chi connectivity index (χ3v) is 4.23. The van der Waals surface area contributed by atoms with Crippen molar-refractivity contribution in [1.82, 2.24) is 9.55 Å². The van der Waals surface area contributed by atoms with Crippen LogP contribution in [0.5, 0.6) is 5.75 Å². The summed E-state index contributed by atoms with van der Waals surface area (Å²) in [5, 5.41) is 10.3. The minimum absolute atomic E-state index is 0.262. The van der Waals surface area contributed by atoms with Crippen LogP contribution in [0.3, 0.4) is 0 Å². The lowest BCUT2D eigenvalue weighted by atomic mass is 10.1. The number of imidazole rings is 1. The quantitative estimate of drug-likeness (QED) is 0.785. The first kappa shape index (κ1) is 15.6. The number of nitrogens with zero attached hydrogens (tertiary/aromatic N) is 2. The van der Waals surface area contributed by atoms with Crippen molar-refractivity contribution in [1.29, 1.82) is 0 Å². The van der Waals surface area contributed by atoms with Gasteiger partial charge in [0.2, 0.25) is 0 Å². The fourth-order valence-electron chi connectivity index (χ4n) is 2.76. The van der Waals surface area contributed by atoms with Crippen LogP contribution in [0.1, 0.15) is 16.7 Å². The molecule has 4 heteroatoms. The SMILES string of the molecule is Cc1ccc(C)c(OC[C@@H](O)Cn2cnc3ccccc32)c1C. The van der Waals surface area contributed by atoms with Gasteiger partial charge in [0, 0.05) is 0 Å². The lowest BCUT2D eigenvalue weighted by molar-refractivity contribution is 0.0927. The predicted molar refractivity (Wildman–Crippen MR) is 91.9 cm³/mol. The van der Waals surface area contributed by atoms with Gasteiger partial charge in [-0.1, -0.05) is 24.3 Å². The molecule has 0 saturated heterocycles. The Morgan fingerprint density at radius 1 is 1.09 bits per heavy atom. The smallest absolute Gasteiger partial charge is 0.125 e. The van der Waals surface area contributed by atoms with E-state index in [-0.39, 0.29) is 6.61 Å². The molecule has 120 valence electrons. The zero-order chi connectivity index (χ0) is 16.4. The van der Waals surface area contributed by atoms with Crippen molar-refractivity contribution in [2.45, 2.75) is 33.4 Å². The van der Waals surface area contributed by atoms with Crippen molar-refractivity contribution < 1.29 is 9.84 Å². The molecule has 2 aromatic carbocycles. The number of aliphatic hydroxyl groups excluding tert-OH is 1. The van der Waals surface area contributed by atoms with Crippen LogP contribution in [0.4, 0.5) is 0 Å². The molecule has 4 nitrogen and oxygen atoms in total. The Morgan fingerprint density at radius 2 is 1.83 bits per heavy atom. The third-order valence-electron chi connectivity index (χ3n) is 4.23. The molecule has 0 aliphatic carbocycles. The highest BCUT2D eigenvalue weighted by atomic mass is 16.5. The number of aromatic nitrogens is 2. The molecule has 3 rings (SSSR count). The number of hydrogen-bond donors (Lipinski definition) is 1. The second kappa shape index (κ2) is 6.42. The minimum atomic E-state index is -0.591. The van der Waals surface area contributed by atoms with Gasteiger partial charge < -0.3 is 14.4 Å². The maximum absolute atomic E-state index is 10.3. The molecule has 1 N–H and O–H groups in total. The predicted octanol–water partition coefficient (Wildman–Crippen LogP) is 3.40. The van der Waals surface area contributed by atoms with Crippen molar-refractivity contribution in [3.8, 4) is 5.75 Å². The summed E-state index contributed by atoms with van der Waals surface area (Å²) in [7, 11) is 0. The maximum atomic E-state index is 10.3. The van der Waals surface area contributed by atoms with Gasteiger partial charge in [-0.2, -0.15) is 0 Å². The largest absolute Gasteiger partial charge is 0.490 e. The molecule has 0 amide bonds. The first-order valence-electron chi connectivity index (χ1n) is 7.84. The summed E-state index contributed by atoms with van der Waals surface area (Å²) in [6, 6.07) is 12.0. The molecule has 0 fully saturated rings. The van der Waals surface area contributed by atoms with Gasteiger partial charge in [0.25, 0.3) is 0 Å². The van der Waals surface area contributed by atoms with E-state index < -0.39 is 6.10 Å². The molecular formula is C19H22N2O2. The first-order valence-corrected chi connectivity index (χ1v) is 7.84. The average Bonchev–Trinajstić information content (AvgIpc) is 2.94. The fraction of sp³-hybridized carbons (Fsp3) is 0.316. The molecule has 0 spiro atoms. The summed E-state index contributed by atoms with van der Waals surface area (Å²) in [5.41, 5.74) is 5.37. The van der Waals surface area contributed by atoms with Gasteiger partial charge in [0.05, 0.1) is 23.9 Å². The van der Waals surface area contributed by atoms with E-state index in [0.29, 0.717) is 6.54 Å². The highest BCUT2D eigenvalue weighted by molar-refractivity contribution is 5.74. The van der Waals surface area contributed by atoms with Crippen molar-refractivity contribution >= 4 is 11.0 Å². The van der Waals surface area contributed by atoms with Crippen molar-refractivity contribution in [2.75, 3.05) is 6.61 Å². The number of aryl methyl sites for hydroxylation is 2. The number of ether oxygens (including phenoxy) is 1. The first-order chi connectivity index (χ1) is 11.1. The Labute approximate surface area is 136 Å². The van der Waals surface area contributed by atoms with E-state index in [9.17, 15) is 5.11 Å². The molecule has 0 saturated carbocycles. The lowest BCUT2D eigenvalue weighted by Gasteiger charge is -2.17. The molecule has 1 aromatic heterocycles. The van der Waals surface area contributed by atoms with Crippen LogP contribution in [0.25, 0.3) is 11.0 Å². The molecule has 1 atom stereocenters. The van der Waals surface area contributed by atoms with E-state index in [4.69, 9.17) is 4.74 Å². The number of rotatable bonds is 5. The zero-order valence-electron chi connectivity index (χ0n) is 13.8. The monoisotopic (exact) mass is 310 g/mol. The number of fused-ring (bicyclic) bond motifs is 1. The fourth-order valence-corrected chi connectivity index (χ4v) is 2.76. The van der Waals surface area contributed by atoms with Crippen LogP contribution in [0.2, 0.25) is 0 Å². The van der Waals surface area contributed by atoms with Crippen LogP contribution in [-0.2, 0) is 6.54 Å². The topological polar surface area (TPSA) is 47.3 Å². The molecule has 0 aliphatic heterocycles. The van der Waals surface area contributed by atoms with Gasteiger partial charge >= 0.3 is 0 Å². The van der Waals surface area contributed by atoms with E-state index in [1.54, 1.807) is 6.33 Å². The van der Waals surface area contributed by atoms with Crippen molar-refractivity contribution in [2.24, 2.45) is 0 Å². The Kier molecular flexibility index (Phi) is 4.35. The number of hydrogen-bond acceptors (Lipinski definition) is 3. The maximum Gasteiger partial charge on any atom is 0.125 e. The molecule has 0 aliphatic rings. The van der Waals surface area contributed by atoms with E-state index in [2.05, 4.69) is 18.0 Å². The van der Waals surface area contributed by atoms with Gasteiger partial charge in [-0.15, -0.1) is 0 Å². The normalized spacial score (nSPS) is 12.5. The summed E-state index contributed by atoms with van der Waals surface area (Å²) < 4.78 is 7.84. The van der Waals surface area contributed by atoms with Crippen molar-refractivity contribution in [3.63, 3.8) is 0 Å². The van der Waals surface area contributed by atoms with E-state index in [1.807, 2.05) is 48.7 Å². The molecule has 3 aromatic rings. The minimum Gasteiger partial charge on any atom is -0.490 e. The standard InChI is InChI=1S/C19H22N2O2/c1-13-8-9-14(2)19(15(13)3)23-11-16(22)10-21-12-20-17-6-4-5-7-18(17)21/h4-9,12,16,22H,10-11H2,1-3H3/t16-/m0/s1. The second-order valence-electron chi connectivity index (χ2n) is 6.00. The van der Waals surface area contributed by atoms with Gasteiger partial charge in [-0.25, -0.2) is 4.98 Å². The Morgan fingerprint density at radius 3 is 2.65 bits per heavy atom. The Bertz CT molecular complexity index is 823. The summed E-state index contributed by atoms with van der Waals surface area (Å²) in [5.74, 6) is 0.875. The molecule has 0 unspecified atom stereocenters. The number of aliphatic hydroxyl groups is 1. The van der Waals surface area contributed by atoms with Crippen LogP contribution < -0.4 is 4.74 Å². The second-order valence-corrected chi connectivity index (χ2v) is 6.00. The van der Waals surface area contributed by atoms with E-state index in [1.165, 1.54) is 5.56 Å². The van der Waals surface area contributed by atoms with Crippen LogP contribution >= 0.6 is 0 Å². The van der Waals surface area contributed by atoms with Gasteiger partial charge in [-0.3, -0.25) is 0 Å². The lowest BCUT2D eigenvalue weighted by Crippen LogP contribution is -2.23. The third kappa shape index (κ3) is 3.22. The highest BCUT2D eigenvalue weighted by Crippen LogP contribution is 2.25. The zero-order valence-corrected chi connectivity index (χ0v) is 13.8. The van der Waals surface area contributed by atoms with Gasteiger partial charge in [0.15, 0.2) is 0 Å². The summed E-state index contributed by atoms with van der Waals surface area (Å²) in [6.45, 7) is 6.86. The highest BCUT2D eigenvalue weighted by Gasteiger charge is 2.12. The molecule has 23 heavy (non-hydrogen) atoms. The molecule has 0 radical (unpaired) electrons. The summed E-state index contributed by atoms with van der Waals surface area (Å²) >= 11 is 0. The van der Waals surface area contributed by atoms with Crippen LogP contribution in [-0.4, -0.2) is 27.4 Å². The summed E-state index contributed by atoms with van der Waals surface area (Å²) in [6.07, 6.45) is 1.17.